The van der Waals surface area contributed by atoms with E-state index in [1.165, 1.54) is 37.1 Å². The van der Waals surface area contributed by atoms with Crippen LogP contribution in [0, 0.1) is 0 Å². The number of benzene rings is 2. The van der Waals surface area contributed by atoms with Crippen molar-refractivity contribution in [2.45, 2.75) is 25.7 Å². The van der Waals surface area contributed by atoms with Crippen molar-refractivity contribution in [3.8, 4) is 11.3 Å². The van der Waals surface area contributed by atoms with Crippen LogP contribution in [0.5, 0.6) is 0 Å². The Morgan fingerprint density at radius 3 is 2.55 bits per heavy atom. The SMILES string of the molecule is O=C(c1ccc(-c2ccc(Cl)cc2)nc1)N1CCCc2cc(C=CCN3CCCC3)ccc21. The Morgan fingerprint density at radius 2 is 1.79 bits per heavy atom. The summed E-state index contributed by atoms with van der Waals surface area (Å²) in [5.41, 5.74) is 5.87. The van der Waals surface area contributed by atoms with Crippen molar-refractivity contribution in [3.63, 3.8) is 0 Å². The van der Waals surface area contributed by atoms with Crippen LogP contribution in [-0.4, -0.2) is 42.0 Å². The Morgan fingerprint density at radius 1 is 0.970 bits per heavy atom. The number of hydrogen-bond donors (Lipinski definition) is 0. The predicted molar refractivity (Wildman–Crippen MR) is 136 cm³/mol. The molecule has 0 N–H and O–H groups in total. The number of hydrogen-bond acceptors (Lipinski definition) is 3. The van der Waals surface area contributed by atoms with E-state index in [-0.39, 0.29) is 5.91 Å². The molecule has 2 aromatic carbocycles. The molecule has 2 aliphatic rings. The van der Waals surface area contributed by atoms with Gasteiger partial charge in [0, 0.05) is 35.6 Å². The summed E-state index contributed by atoms with van der Waals surface area (Å²) < 4.78 is 0. The average molecular weight is 458 g/mol. The minimum absolute atomic E-state index is 0.00318. The Labute approximate surface area is 200 Å². The second kappa shape index (κ2) is 9.90. The molecular formula is C28H28ClN3O. The van der Waals surface area contributed by atoms with Gasteiger partial charge >= 0.3 is 0 Å². The van der Waals surface area contributed by atoms with Gasteiger partial charge in [-0.3, -0.25) is 14.7 Å². The molecule has 5 heteroatoms. The Balaban J connectivity index is 1.30. The molecule has 0 radical (unpaired) electrons. The van der Waals surface area contributed by atoms with Gasteiger partial charge in [-0.2, -0.15) is 0 Å². The maximum atomic E-state index is 13.3. The molecule has 0 spiro atoms. The first kappa shape index (κ1) is 21.9. The molecule has 168 valence electrons. The summed E-state index contributed by atoms with van der Waals surface area (Å²) in [6.07, 6.45) is 10.7. The topological polar surface area (TPSA) is 36.4 Å². The number of carbonyl (C=O) groups is 1. The number of amides is 1. The zero-order valence-electron chi connectivity index (χ0n) is 18.7. The zero-order valence-corrected chi connectivity index (χ0v) is 19.5. The molecular weight excluding hydrogens is 430 g/mol. The standard InChI is InChI=1S/C28H28ClN3O/c29-25-11-8-22(9-12-25)26-13-10-24(20-30-26)28(33)32-18-4-6-23-19-21(7-14-27(23)32)5-3-17-31-15-1-2-16-31/h3,5,7-14,19-20H,1-2,4,6,15-18H2. The highest BCUT2D eigenvalue weighted by Gasteiger charge is 2.24. The smallest absolute Gasteiger partial charge is 0.259 e. The van der Waals surface area contributed by atoms with Gasteiger partial charge in [-0.15, -0.1) is 0 Å². The van der Waals surface area contributed by atoms with Gasteiger partial charge in [0.15, 0.2) is 0 Å². The van der Waals surface area contributed by atoms with Crippen molar-refractivity contribution in [1.82, 2.24) is 9.88 Å². The first-order valence-electron chi connectivity index (χ1n) is 11.7. The Kier molecular flexibility index (Phi) is 6.56. The van der Waals surface area contributed by atoms with Crippen LogP contribution in [0.4, 0.5) is 5.69 Å². The van der Waals surface area contributed by atoms with E-state index < -0.39 is 0 Å². The molecule has 0 atom stereocenters. The van der Waals surface area contributed by atoms with Crippen molar-refractivity contribution < 1.29 is 4.79 Å². The summed E-state index contributed by atoms with van der Waals surface area (Å²) >= 11 is 5.98. The molecule has 0 aliphatic carbocycles. The molecule has 5 rings (SSSR count). The Hall–Kier alpha value is -2.95. The second-order valence-corrected chi connectivity index (χ2v) is 9.23. The van der Waals surface area contributed by atoms with E-state index in [0.29, 0.717) is 10.6 Å². The first-order chi connectivity index (χ1) is 16.2. The van der Waals surface area contributed by atoms with Crippen molar-refractivity contribution in [3.05, 3.63) is 88.6 Å². The lowest BCUT2D eigenvalue weighted by Crippen LogP contribution is -2.35. The highest BCUT2D eigenvalue weighted by atomic mass is 35.5. The van der Waals surface area contributed by atoms with Crippen LogP contribution in [0.15, 0.2) is 66.9 Å². The molecule has 1 aromatic heterocycles. The third-order valence-corrected chi connectivity index (χ3v) is 6.74. The van der Waals surface area contributed by atoms with Gasteiger partial charge in [0.1, 0.15) is 0 Å². The number of likely N-dealkylation sites (tertiary alicyclic amines) is 1. The number of aryl methyl sites for hydroxylation is 1. The fourth-order valence-corrected chi connectivity index (χ4v) is 4.83. The summed E-state index contributed by atoms with van der Waals surface area (Å²) in [5, 5.41) is 0.694. The molecule has 1 fully saturated rings. The molecule has 1 amide bonds. The van der Waals surface area contributed by atoms with Gasteiger partial charge in [-0.1, -0.05) is 42.0 Å². The maximum absolute atomic E-state index is 13.3. The fourth-order valence-electron chi connectivity index (χ4n) is 4.70. The number of aromatic nitrogens is 1. The first-order valence-corrected chi connectivity index (χ1v) is 12.1. The number of pyridine rings is 1. The van der Waals surface area contributed by atoms with Crippen molar-refractivity contribution in [2.75, 3.05) is 31.1 Å². The highest BCUT2D eigenvalue weighted by molar-refractivity contribution is 6.30. The van der Waals surface area contributed by atoms with Crippen molar-refractivity contribution in [2.24, 2.45) is 0 Å². The van der Waals surface area contributed by atoms with Gasteiger partial charge in [0.2, 0.25) is 0 Å². The van der Waals surface area contributed by atoms with Crippen molar-refractivity contribution >= 4 is 29.3 Å². The lowest BCUT2D eigenvalue weighted by atomic mass is 9.98. The molecule has 3 aromatic rings. The van der Waals surface area contributed by atoms with E-state index in [1.807, 2.05) is 41.3 Å². The van der Waals surface area contributed by atoms with Gasteiger partial charge in [0.05, 0.1) is 11.3 Å². The number of anilines is 1. The molecule has 2 aliphatic heterocycles. The summed E-state index contributed by atoms with van der Waals surface area (Å²) in [4.78, 5) is 22.2. The predicted octanol–water partition coefficient (Wildman–Crippen LogP) is 6.10. The summed E-state index contributed by atoms with van der Waals surface area (Å²) in [6, 6.07) is 17.8. The lowest BCUT2D eigenvalue weighted by molar-refractivity contribution is 0.0985. The summed E-state index contributed by atoms with van der Waals surface area (Å²) in [5.74, 6) is 0.00318. The number of carbonyl (C=O) groups excluding carboxylic acids is 1. The molecule has 33 heavy (non-hydrogen) atoms. The lowest BCUT2D eigenvalue weighted by Gasteiger charge is -2.30. The number of fused-ring (bicyclic) bond motifs is 1. The molecule has 0 saturated carbocycles. The number of halogens is 1. The maximum Gasteiger partial charge on any atom is 0.259 e. The quantitative estimate of drug-likeness (QED) is 0.464. The molecule has 0 unspecified atom stereocenters. The molecule has 4 nitrogen and oxygen atoms in total. The van der Waals surface area contributed by atoms with Crippen molar-refractivity contribution in [1.29, 1.82) is 0 Å². The van der Waals surface area contributed by atoms with E-state index in [1.54, 1.807) is 6.20 Å². The van der Waals surface area contributed by atoms with Crippen LogP contribution in [-0.2, 0) is 6.42 Å². The van der Waals surface area contributed by atoms with Crippen LogP contribution in [0.2, 0.25) is 5.02 Å². The number of nitrogens with zero attached hydrogens (tertiary/aromatic N) is 3. The van der Waals surface area contributed by atoms with E-state index >= 15 is 0 Å². The Bertz CT molecular complexity index is 1150. The minimum atomic E-state index is 0.00318. The summed E-state index contributed by atoms with van der Waals surface area (Å²) in [6.45, 7) is 4.16. The number of rotatable bonds is 5. The fraction of sp³-hybridized carbons (Fsp3) is 0.286. The van der Waals surface area contributed by atoms with E-state index in [4.69, 9.17) is 11.6 Å². The van der Waals surface area contributed by atoms with Gasteiger partial charge in [0.25, 0.3) is 5.91 Å². The molecule has 0 bridgehead atoms. The normalized spacial score (nSPS) is 16.3. The molecule has 1 saturated heterocycles. The molecule has 3 heterocycles. The minimum Gasteiger partial charge on any atom is -0.308 e. The van der Waals surface area contributed by atoms with Crippen LogP contribution in [0.3, 0.4) is 0 Å². The second-order valence-electron chi connectivity index (χ2n) is 8.80. The van der Waals surface area contributed by atoms with E-state index in [2.05, 4.69) is 40.2 Å². The van der Waals surface area contributed by atoms with Crippen LogP contribution < -0.4 is 4.90 Å². The van der Waals surface area contributed by atoms with Gasteiger partial charge < -0.3 is 4.90 Å². The van der Waals surface area contributed by atoms with E-state index in [9.17, 15) is 4.79 Å². The largest absolute Gasteiger partial charge is 0.308 e. The van der Waals surface area contributed by atoms with Gasteiger partial charge in [-0.25, -0.2) is 0 Å². The highest BCUT2D eigenvalue weighted by Crippen LogP contribution is 2.30. The summed E-state index contributed by atoms with van der Waals surface area (Å²) in [7, 11) is 0. The monoisotopic (exact) mass is 457 g/mol. The van der Waals surface area contributed by atoms with E-state index in [0.717, 1.165) is 42.9 Å². The van der Waals surface area contributed by atoms with Crippen LogP contribution in [0.1, 0.15) is 40.7 Å². The average Bonchev–Trinajstić information content (AvgIpc) is 3.37. The van der Waals surface area contributed by atoms with Gasteiger partial charge in [-0.05, 0) is 86.3 Å². The third-order valence-electron chi connectivity index (χ3n) is 6.49. The van der Waals surface area contributed by atoms with Crippen LogP contribution in [0.25, 0.3) is 17.3 Å². The van der Waals surface area contributed by atoms with Crippen LogP contribution >= 0.6 is 11.6 Å². The third kappa shape index (κ3) is 5.02. The zero-order chi connectivity index (χ0) is 22.6.